The lowest BCUT2D eigenvalue weighted by Crippen LogP contribution is -2.66. The van der Waals surface area contributed by atoms with Crippen LogP contribution in [0.3, 0.4) is 0 Å². The van der Waals surface area contributed by atoms with Crippen molar-refractivity contribution in [2.75, 3.05) is 37.0 Å². The summed E-state index contributed by atoms with van der Waals surface area (Å²) in [6.07, 6.45) is 0. The first-order valence-corrected chi connectivity index (χ1v) is 10.5. The van der Waals surface area contributed by atoms with Crippen LogP contribution in [0.1, 0.15) is 28.4 Å². The van der Waals surface area contributed by atoms with Crippen LogP contribution in [0.15, 0.2) is 35.4 Å². The third kappa shape index (κ3) is 3.73. The molecule has 1 aromatic carbocycles. The topological polar surface area (TPSA) is 54.5 Å². The first-order chi connectivity index (χ1) is 13.5. The predicted octanol–water partition coefficient (Wildman–Crippen LogP) is 3.41. The van der Waals surface area contributed by atoms with Gasteiger partial charge in [0.2, 0.25) is 0 Å². The molecule has 0 aliphatic carbocycles. The van der Waals surface area contributed by atoms with Gasteiger partial charge in [0.15, 0.2) is 0 Å². The lowest BCUT2D eigenvalue weighted by Gasteiger charge is -2.55. The molecule has 1 spiro atoms. The van der Waals surface area contributed by atoms with Crippen molar-refractivity contribution < 1.29 is 13.9 Å². The molecule has 2 aliphatic rings. The van der Waals surface area contributed by atoms with E-state index in [0.29, 0.717) is 11.0 Å². The Balaban J connectivity index is 1.51. The van der Waals surface area contributed by atoms with Gasteiger partial charge < -0.3 is 15.0 Å². The van der Waals surface area contributed by atoms with Crippen LogP contribution >= 0.6 is 11.8 Å². The van der Waals surface area contributed by atoms with Crippen LogP contribution in [-0.4, -0.2) is 42.9 Å². The summed E-state index contributed by atoms with van der Waals surface area (Å²) in [7, 11) is 0. The molecule has 5 nitrogen and oxygen atoms in total. The zero-order chi connectivity index (χ0) is 19.7. The number of carbonyl (C=O) groups is 1. The zero-order valence-corrected chi connectivity index (χ0v) is 16.9. The largest absolute Gasteiger partial charge is 0.380 e. The van der Waals surface area contributed by atoms with Gasteiger partial charge in [-0.15, -0.1) is 11.8 Å². The fourth-order valence-corrected chi connectivity index (χ4v) is 4.55. The number of thioether (sulfide) groups is 1. The molecule has 1 amide bonds. The SMILES string of the molecule is CCSc1nc(N2CC3(COC3)C2)cc(C)c1C(=O)NCc1cccc(F)c1. The summed E-state index contributed by atoms with van der Waals surface area (Å²) in [5.74, 6) is 1.27. The number of ether oxygens (including phenoxy) is 1. The van der Waals surface area contributed by atoms with Gasteiger partial charge in [-0.25, -0.2) is 9.37 Å². The number of halogens is 1. The first-order valence-electron chi connectivity index (χ1n) is 9.49. The fraction of sp³-hybridized carbons (Fsp3) is 0.429. The van der Waals surface area contributed by atoms with Gasteiger partial charge in [0.1, 0.15) is 16.7 Å². The van der Waals surface area contributed by atoms with E-state index in [2.05, 4.69) is 10.2 Å². The second-order valence-electron chi connectivity index (χ2n) is 7.57. The van der Waals surface area contributed by atoms with Crippen LogP contribution < -0.4 is 10.2 Å². The molecule has 0 radical (unpaired) electrons. The number of nitrogens with zero attached hydrogens (tertiary/aromatic N) is 2. The highest BCUT2D eigenvalue weighted by molar-refractivity contribution is 7.99. The Hall–Kier alpha value is -2.12. The van der Waals surface area contributed by atoms with Gasteiger partial charge in [-0.1, -0.05) is 19.1 Å². The van der Waals surface area contributed by atoms with Crippen LogP contribution in [0.4, 0.5) is 10.2 Å². The van der Waals surface area contributed by atoms with Crippen molar-refractivity contribution in [1.29, 1.82) is 0 Å². The third-order valence-electron chi connectivity index (χ3n) is 5.21. The minimum Gasteiger partial charge on any atom is -0.380 e. The van der Waals surface area contributed by atoms with Crippen LogP contribution in [0.5, 0.6) is 0 Å². The summed E-state index contributed by atoms with van der Waals surface area (Å²) in [5.41, 5.74) is 2.56. The molecule has 2 saturated heterocycles. The van der Waals surface area contributed by atoms with Crippen LogP contribution in [0.2, 0.25) is 0 Å². The third-order valence-corrected chi connectivity index (χ3v) is 6.07. The average Bonchev–Trinajstić information content (AvgIpc) is 2.57. The Bertz CT molecular complexity index is 893. The van der Waals surface area contributed by atoms with E-state index in [1.54, 1.807) is 23.9 Å². The van der Waals surface area contributed by atoms with Crippen molar-refractivity contribution in [2.24, 2.45) is 5.41 Å². The number of aromatic nitrogens is 1. The van der Waals surface area contributed by atoms with E-state index < -0.39 is 0 Å². The quantitative estimate of drug-likeness (QED) is 0.752. The normalized spacial score (nSPS) is 17.2. The molecule has 0 saturated carbocycles. The van der Waals surface area contributed by atoms with E-state index in [-0.39, 0.29) is 18.3 Å². The maximum absolute atomic E-state index is 13.3. The van der Waals surface area contributed by atoms with E-state index in [4.69, 9.17) is 9.72 Å². The molecular formula is C21H24FN3O2S. The molecule has 2 aliphatic heterocycles. The molecular weight excluding hydrogens is 377 g/mol. The van der Waals surface area contributed by atoms with Crippen molar-refractivity contribution in [1.82, 2.24) is 10.3 Å². The van der Waals surface area contributed by atoms with Crippen LogP contribution in [-0.2, 0) is 11.3 Å². The monoisotopic (exact) mass is 401 g/mol. The Morgan fingerprint density at radius 3 is 2.79 bits per heavy atom. The summed E-state index contributed by atoms with van der Waals surface area (Å²) in [6, 6.07) is 8.25. The van der Waals surface area contributed by atoms with Gasteiger partial charge in [0.05, 0.1) is 24.2 Å². The van der Waals surface area contributed by atoms with Gasteiger partial charge in [-0.05, 0) is 42.0 Å². The molecule has 0 unspecified atom stereocenters. The van der Waals surface area contributed by atoms with Crippen molar-refractivity contribution in [3.05, 3.63) is 52.8 Å². The molecule has 4 rings (SSSR count). The maximum atomic E-state index is 13.3. The molecule has 2 aromatic rings. The molecule has 1 aromatic heterocycles. The Kier molecular flexibility index (Phi) is 5.29. The number of carbonyl (C=O) groups excluding carboxylic acids is 1. The number of benzene rings is 1. The molecule has 0 bridgehead atoms. The van der Waals surface area contributed by atoms with Crippen LogP contribution in [0.25, 0.3) is 0 Å². The lowest BCUT2D eigenvalue weighted by atomic mass is 9.78. The molecule has 148 valence electrons. The summed E-state index contributed by atoms with van der Waals surface area (Å²) >= 11 is 1.57. The molecule has 2 fully saturated rings. The Morgan fingerprint density at radius 2 is 2.14 bits per heavy atom. The van der Waals surface area contributed by atoms with E-state index in [1.165, 1.54) is 12.1 Å². The van der Waals surface area contributed by atoms with Crippen molar-refractivity contribution in [3.63, 3.8) is 0 Å². The van der Waals surface area contributed by atoms with E-state index >= 15 is 0 Å². The summed E-state index contributed by atoms with van der Waals surface area (Å²) in [4.78, 5) is 19.9. The fourth-order valence-electron chi connectivity index (χ4n) is 3.72. The average molecular weight is 402 g/mol. The number of amides is 1. The highest BCUT2D eigenvalue weighted by Crippen LogP contribution is 2.40. The minimum absolute atomic E-state index is 0.177. The van der Waals surface area contributed by atoms with E-state index in [0.717, 1.165) is 54.0 Å². The summed E-state index contributed by atoms with van der Waals surface area (Å²) in [5, 5.41) is 3.65. The lowest BCUT2D eigenvalue weighted by molar-refractivity contribution is -0.127. The molecule has 7 heteroatoms. The Labute approximate surface area is 168 Å². The highest BCUT2D eigenvalue weighted by Gasteiger charge is 2.49. The molecule has 0 atom stereocenters. The van der Waals surface area contributed by atoms with Crippen molar-refractivity contribution in [2.45, 2.75) is 25.4 Å². The van der Waals surface area contributed by atoms with Crippen molar-refractivity contribution >= 4 is 23.5 Å². The predicted molar refractivity (Wildman–Crippen MR) is 108 cm³/mol. The summed E-state index contributed by atoms with van der Waals surface area (Å²) < 4.78 is 18.7. The zero-order valence-electron chi connectivity index (χ0n) is 16.1. The van der Waals surface area contributed by atoms with E-state index in [9.17, 15) is 9.18 Å². The number of pyridine rings is 1. The first kappa shape index (κ1) is 19.2. The molecule has 28 heavy (non-hydrogen) atoms. The van der Waals surface area contributed by atoms with E-state index in [1.807, 2.05) is 19.9 Å². The molecule has 1 N–H and O–H groups in total. The number of anilines is 1. The molecule has 3 heterocycles. The van der Waals surface area contributed by atoms with Gasteiger partial charge in [0, 0.05) is 19.6 Å². The maximum Gasteiger partial charge on any atom is 0.254 e. The standard InChI is InChI=1S/C21H24FN3O2S/c1-3-28-20-18(19(26)23-9-15-5-4-6-16(22)8-15)14(2)7-17(24-20)25-10-21(11-25)12-27-13-21/h4-8H,3,9-13H2,1-2H3,(H,23,26). The smallest absolute Gasteiger partial charge is 0.254 e. The van der Waals surface area contributed by atoms with Gasteiger partial charge in [-0.2, -0.15) is 0 Å². The van der Waals surface area contributed by atoms with Gasteiger partial charge >= 0.3 is 0 Å². The van der Waals surface area contributed by atoms with Crippen LogP contribution in [0, 0.1) is 18.2 Å². The van der Waals surface area contributed by atoms with Crippen molar-refractivity contribution in [3.8, 4) is 0 Å². The minimum atomic E-state index is -0.305. The number of nitrogens with one attached hydrogen (secondary N) is 1. The highest BCUT2D eigenvalue weighted by atomic mass is 32.2. The van der Waals surface area contributed by atoms with Gasteiger partial charge in [0.25, 0.3) is 5.91 Å². The Morgan fingerprint density at radius 1 is 1.36 bits per heavy atom. The number of rotatable bonds is 6. The number of hydrogen-bond donors (Lipinski definition) is 1. The number of hydrogen-bond acceptors (Lipinski definition) is 5. The van der Waals surface area contributed by atoms with Gasteiger partial charge in [-0.3, -0.25) is 4.79 Å². The summed E-state index contributed by atoms with van der Waals surface area (Å²) in [6.45, 7) is 7.86. The number of aryl methyl sites for hydroxylation is 1. The second kappa shape index (κ2) is 7.72. The second-order valence-corrected chi connectivity index (χ2v) is 8.82.